The Balaban J connectivity index is 0.961. The second-order valence-corrected chi connectivity index (χ2v) is 15.9. The number of benzene rings is 7. The van der Waals surface area contributed by atoms with Gasteiger partial charge >= 0.3 is 0 Å². The van der Waals surface area contributed by atoms with Gasteiger partial charge in [-0.05, 0) is 90.0 Å². The lowest BCUT2D eigenvalue weighted by Gasteiger charge is -2.12. The van der Waals surface area contributed by atoms with Gasteiger partial charge in [0.05, 0.1) is 39.1 Å². The monoisotopic (exact) mass is 806 g/mol. The Hall–Kier alpha value is -8.68. The molecule has 0 aliphatic carbocycles. The maximum Gasteiger partial charge on any atom is 0.235 e. The van der Waals surface area contributed by atoms with Crippen LogP contribution in [0.4, 0.5) is 0 Å². The van der Waals surface area contributed by atoms with Crippen molar-refractivity contribution in [3.05, 3.63) is 206 Å². The molecule has 0 saturated carbocycles. The first kappa shape index (κ1) is 35.1. The van der Waals surface area contributed by atoms with E-state index in [2.05, 4.69) is 184 Å². The lowest BCUT2D eigenvalue weighted by Crippen LogP contribution is -2.03. The molecule has 294 valence electrons. The van der Waals surface area contributed by atoms with Crippen LogP contribution in [-0.4, -0.2) is 29.1 Å². The SMILES string of the molecule is c1ccc(-c2cc(-c3ccccc3)nc(-n3c4ccccc4c4cc(-c5ccc6c7ccccc7n(-c7cccc(-c8ccc9oc%10cccnc%10c9c8)n7)c6c5)ccc43)n2)cc1. The van der Waals surface area contributed by atoms with Crippen molar-refractivity contribution >= 4 is 65.7 Å². The summed E-state index contributed by atoms with van der Waals surface area (Å²) in [5, 5.41) is 5.58. The molecule has 0 saturated heterocycles. The number of nitrogens with zero attached hydrogens (tertiary/aromatic N) is 6. The van der Waals surface area contributed by atoms with Gasteiger partial charge in [-0.25, -0.2) is 15.0 Å². The Morgan fingerprint density at radius 1 is 0.333 bits per heavy atom. The second-order valence-electron chi connectivity index (χ2n) is 15.9. The summed E-state index contributed by atoms with van der Waals surface area (Å²) in [7, 11) is 0. The molecule has 7 aromatic carbocycles. The molecule has 13 rings (SSSR count). The van der Waals surface area contributed by atoms with Crippen molar-refractivity contribution in [3.8, 4) is 56.7 Å². The normalized spacial score (nSPS) is 11.8. The van der Waals surface area contributed by atoms with Crippen LogP contribution in [0.25, 0.3) is 122 Å². The minimum absolute atomic E-state index is 0.629. The Morgan fingerprint density at radius 2 is 0.952 bits per heavy atom. The third kappa shape index (κ3) is 5.67. The van der Waals surface area contributed by atoms with Gasteiger partial charge in [0.2, 0.25) is 5.95 Å². The third-order valence-corrected chi connectivity index (χ3v) is 12.2. The van der Waals surface area contributed by atoms with Crippen molar-refractivity contribution in [1.29, 1.82) is 0 Å². The summed E-state index contributed by atoms with van der Waals surface area (Å²) in [5.74, 6) is 1.47. The highest BCUT2D eigenvalue weighted by atomic mass is 16.3. The highest BCUT2D eigenvalue weighted by Gasteiger charge is 2.20. The van der Waals surface area contributed by atoms with Crippen LogP contribution in [0.5, 0.6) is 0 Å². The van der Waals surface area contributed by atoms with Crippen LogP contribution >= 0.6 is 0 Å². The molecule has 0 N–H and O–H groups in total. The highest BCUT2D eigenvalue weighted by molar-refractivity contribution is 6.12. The zero-order valence-electron chi connectivity index (χ0n) is 33.7. The van der Waals surface area contributed by atoms with Gasteiger partial charge in [0.25, 0.3) is 0 Å². The molecule has 7 nitrogen and oxygen atoms in total. The Labute approximate surface area is 360 Å². The summed E-state index contributed by atoms with van der Waals surface area (Å²) < 4.78 is 10.6. The van der Waals surface area contributed by atoms with Gasteiger partial charge in [-0.3, -0.25) is 14.1 Å². The molecular weight excluding hydrogens is 773 g/mol. The number of pyridine rings is 2. The first-order valence-corrected chi connectivity index (χ1v) is 21.0. The topological polar surface area (TPSA) is 74.6 Å². The summed E-state index contributed by atoms with van der Waals surface area (Å²) in [6.45, 7) is 0. The molecular formula is C56H34N6O. The summed E-state index contributed by atoms with van der Waals surface area (Å²) in [4.78, 5) is 20.4. The molecule has 13 aromatic rings. The van der Waals surface area contributed by atoms with Crippen LogP contribution in [0.1, 0.15) is 0 Å². The van der Waals surface area contributed by atoms with Crippen molar-refractivity contribution in [1.82, 2.24) is 29.1 Å². The van der Waals surface area contributed by atoms with E-state index in [0.717, 1.165) is 106 Å². The van der Waals surface area contributed by atoms with Gasteiger partial charge in [-0.1, -0.05) is 121 Å². The zero-order valence-corrected chi connectivity index (χ0v) is 33.7. The minimum atomic E-state index is 0.629. The lowest BCUT2D eigenvalue weighted by molar-refractivity contribution is 0.668. The molecule has 63 heavy (non-hydrogen) atoms. The molecule has 6 heterocycles. The molecule has 6 aromatic heterocycles. The molecule has 0 radical (unpaired) electrons. The van der Waals surface area contributed by atoms with Crippen LogP contribution in [0.3, 0.4) is 0 Å². The number of hydrogen-bond acceptors (Lipinski definition) is 5. The van der Waals surface area contributed by atoms with E-state index >= 15 is 0 Å². The summed E-state index contributed by atoms with van der Waals surface area (Å²) in [6.07, 6.45) is 1.80. The van der Waals surface area contributed by atoms with Gasteiger partial charge in [-0.2, -0.15) is 0 Å². The van der Waals surface area contributed by atoms with E-state index in [0.29, 0.717) is 5.95 Å². The van der Waals surface area contributed by atoms with E-state index in [1.807, 2.05) is 30.3 Å². The van der Waals surface area contributed by atoms with E-state index in [4.69, 9.17) is 19.4 Å². The van der Waals surface area contributed by atoms with Crippen LogP contribution < -0.4 is 0 Å². The third-order valence-electron chi connectivity index (χ3n) is 12.2. The van der Waals surface area contributed by atoms with Crippen LogP contribution in [0.15, 0.2) is 211 Å². The van der Waals surface area contributed by atoms with E-state index in [-0.39, 0.29) is 0 Å². The van der Waals surface area contributed by atoms with Gasteiger partial charge in [-0.15, -0.1) is 0 Å². The Bertz CT molecular complexity index is 3860. The Morgan fingerprint density at radius 3 is 1.73 bits per heavy atom. The van der Waals surface area contributed by atoms with Crippen molar-refractivity contribution in [3.63, 3.8) is 0 Å². The molecule has 0 aliphatic heterocycles. The fourth-order valence-electron chi connectivity index (χ4n) is 9.28. The fourth-order valence-corrected chi connectivity index (χ4v) is 9.28. The molecule has 0 aliphatic rings. The Kier molecular flexibility index (Phi) is 7.77. The predicted molar refractivity (Wildman–Crippen MR) is 255 cm³/mol. The number of aromatic nitrogens is 6. The summed E-state index contributed by atoms with van der Waals surface area (Å²) in [5.41, 5.74) is 14.6. The van der Waals surface area contributed by atoms with E-state index in [1.165, 1.54) is 10.8 Å². The van der Waals surface area contributed by atoms with E-state index in [1.54, 1.807) is 6.20 Å². The quantitative estimate of drug-likeness (QED) is 0.167. The molecule has 0 atom stereocenters. The van der Waals surface area contributed by atoms with Crippen molar-refractivity contribution < 1.29 is 4.42 Å². The molecule has 0 spiro atoms. The average molecular weight is 807 g/mol. The van der Waals surface area contributed by atoms with Crippen LogP contribution in [-0.2, 0) is 0 Å². The highest BCUT2D eigenvalue weighted by Crippen LogP contribution is 2.39. The number of fused-ring (bicyclic) bond motifs is 9. The predicted octanol–water partition coefficient (Wildman–Crippen LogP) is 14.0. The molecule has 0 fully saturated rings. The van der Waals surface area contributed by atoms with Gasteiger partial charge in [0, 0.05) is 49.8 Å². The number of hydrogen-bond donors (Lipinski definition) is 0. The maximum atomic E-state index is 6.08. The smallest absolute Gasteiger partial charge is 0.235 e. The van der Waals surface area contributed by atoms with Gasteiger partial charge < -0.3 is 4.42 Å². The van der Waals surface area contributed by atoms with Crippen LogP contribution in [0, 0.1) is 0 Å². The van der Waals surface area contributed by atoms with Crippen molar-refractivity contribution in [2.24, 2.45) is 0 Å². The summed E-state index contributed by atoms with van der Waals surface area (Å²) in [6, 6.07) is 69.7. The van der Waals surface area contributed by atoms with Crippen LogP contribution in [0.2, 0.25) is 0 Å². The molecule has 0 unspecified atom stereocenters. The minimum Gasteiger partial charge on any atom is -0.454 e. The fraction of sp³-hybridized carbons (Fsp3) is 0. The largest absolute Gasteiger partial charge is 0.454 e. The molecule has 7 heteroatoms. The first-order chi connectivity index (χ1) is 31.2. The lowest BCUT2D eigenvalue weighted by atomic mass is 10.0. The van der Waals surface area contributed by atoms with E-state index < -0.39 is 0 Å². The van der Waals surface area contributed by atoms with Crippen molar-refractivity contribution in [2.45, 2.75) is 0 Å². The number of rotatable bonds is 6. The summed E-state index contributed by atoms with van der Waals surface area (Å²) >= 11 is 0. The zero-order chi connectivity index (χ0) is 41.4. The number of furan rings is 1. The maximum absolute atomic E-state index is 6.08. The van der Waals surface area contributed by atoms with E-state index in [9.17, 15) is 0 Å². The van der Waals surface area contributed by atoms with Gasteiger partial charge in [0.15, 0.2) is 5.58 Å². The number of para-hydroxylation sites is 2. The van der Waals surface area contributed by atoms with Crippen molar-refractivity contribution in [2.75, 3.05) is 0 Å². The molecule has 0 amide bonds. The average Bonchev–Trinajstić information content (AvgIpc) is 4.01. The standard InChI is InChI=1S/C56H34N6O/c1-3-13-35(14-4-1)46-34-47(36-15-5-2-6-16-36)60-56(59-46)62-49-21-10-8-18-41(49)43-31-37(25-28-50(43)62)38-24-27-42-40-17-7-9-20-48(40)61(51(42)33-38)54-23-11-19-45(58-54)39-26-29-52-44(32-39)55-53(63-52)22-12-30-57-55/h1-34H. The second kappa shape index (κ2) is 13.9. The first-order valence-electron chi connectivity index (χ1n) is 21.0. The van der Waals surface area contributed by atoms with Gasteiger partial charge in [0.1, 0.15) is 16.9 Å². The molecule has 0 bridgehead atoms.